The molecule has 4 aromatic rings. The molecule has 2 aromatic heterocycles. The third-order valence-corrected chi connectivity index (χ3v) is 5.20. The maximum atomic E-state index is 13.1. The van der Waals surface area contributed by atoms with Gasteiger partial charge in [-0.15, -0.1) is 0 Å². The molecule has 0 fully saturated rings. The summed E-state index contributed by atoms with van der Waals surface area (Å²) >= 11 is 6.00. The molecule has 0 radical (unpaired) electrons. The summed E-state index contributed by atoms with van der Waals surface area (Å²) in [6.07, 6.45) is 3.99. The third kappa shape index (κ3) is 5.01. The van der Waals surface area contributed by atoms with Gasteiger partial charge in [0.1, 0.15) is 11.5 Å². The van der Waals surface area contributed by atoms with Gasteiger partial charge in [0.25, 0.3) is 5.91 Å². The number of aromatic amines is 1. The number of H-pyrrole nitrogens is 1. The van der Waals surface area contributed by atoms with Crippen molar-refractivity contribution >= 4 is 17.5 Å². The van der Waals surface area contributed by atoms with E-state index in [1.807, 2.05) is 74.6 Å². The molecule has 0 aliphatic carbocycles. The maximum Gasteiger partial charge on any atom is 0.270 e. The lowest BCUT2D eigenvalue weighted by Gasteiger charge is -2.25. The van der Waals surface area contributed by atoms with Gasteiger partial charge in [-0.25, -0.2) is 4.98 Å². The number of benzene rings is 2. The highest BCUT2D eigenvalue weighted by atomic mass is 35.5. The van der Waals surface area contributed by atoms with E-state index >= 15 is 0 Å². The molecule has 4 rings (SSSR count). The number of halogens is 1. The summed E-state index contributed by atoms with van der Waals surface area (Å²) in [7, 11) is 0. The van der Waals surface area contributed by atoms with Crippen LogP contribution >= 0.6 is 11.6 Å². The van der Waals surface area contributed by atoms with Gasteiger partial charge in [-0.1, -0.05) is 60.1 Å². The Kier molecular flexibility index (Phi) is 5.87. The molecular weight excluding hydrogens is 408 g/mol. The normalized spacial score (nSPS) is 11.3. The van der Waals surface area contributed by atoms with Crippen molar-refractivity contribution in [1.82, 2.24) is 20.3 Å². The number of rotatable bonds is 6. The molecule has 0 aliphatic rings. The zero-order chi connectivity index (χ0) is 21.8. The average Bonchev–Trinajstić information content (AvgIpc) is 3.22. The molecule has 1 amide bonds. The van der Waals surface area contributed by atoms with Gasteiger partial charge in [-0.3, -0.25) is 9.78 Å². The first-order chi connectivity index (χ1) is 14.9. The largest absolute Gasteiger partial charge is 0.345 e. The zero-order valence-electron chi connectivity index (χ0n) is 17.4. The van der Waals surface area contributed by atoms with Crippen molar-refractivity contribution in [3.63, 3.8) is 0 Å². The summed E-state index contributed by atoms with van der Waals surface area (Å²) < 4.78 is 0. The van der Waals surface area contributed by atoms with Gasteiger partial charge < -0.3 is 10.3 Å². The second kappa shape index (κ2) is 8.74. The second-order valence-electron chi connectivity index (χ2n) is 8.03. The molecule has 2 heterocycles. The van der Waals surface area contributed by atoms with Crippen molar-refractivity contribution in [1.29, 1.82) is 0 Å². The molecule has 2 N–H and O–H groups in total. The molecule has 156 valence electrons. The van der Waals surface area contributed by atoms with Crippen molar-refractivity contribution < 1.29 is 4.79 Å². The predicted molar refractivity (Wildman–Crippen MR) is 124 cm³/mol. The summed E-state index contributed by atoms with van der Waals surface area (Å²) in [5, 5.41) is 3.75. The van der Waals surface area contributed by atoms with Crippen LogP contribution in [0.3, 0.4) is 0 Å². The molecule has 0 bridgehead atoms. The predicted octanol–water partition coefficient (Wildman–Crippen LogP) is 5.54. The highest BCUT2D eigenvalue weighted by Crippen LogP contribution is 2.25. The topological polar surface area (TPSA) is 70.7 Å². The van der Waals surface area contributed by atoms with E-state index in [4.69, 9.17) is 11.6 Å². The van der Waals surface area contributed by atoms with Crippen LogP contribution in [0.1, 0.15) is 30.2 Å². The first kappa shape index (κ1) is 20.8. The quantitative estimate of drug-likeness (QED) is 0.421. The number of nitrogens with one attached hydrogen (secondary N) is 2. The lowest BCUT2D eigenvalue weighted by molar-refractivity contribution is 0.0908. The van der Waals surface area contributed by atoms with Crippen molar-refractivity contribution in [2.45, 2.75) is 25.8 Å². The Labute approximate surface area is 186 Å². The number of imidazole rings is 1. The Balaban J connectivity index is 1.51. The number of hydrogen-bond donors (Lipinski definition) is 2. The number of carbonyl (C=O) groups is 1. The number of pyridine rings is 1. The fraction of sp³-hybridized carbons (Fsp3) is 0.160. The number of hydrogen-bond acceptors (Lipinski definition) is 3. The lowest BCUT2D eigenvalue weighted by atomic mass is 9.98. The molecule has 0 saturated heterocycles. The molecule has 6 heteroatoms. The van der Waals surface area contributed by atoms with Crippen LogP contribution < -0.4 is 5.32 Å². The van der Waals surface area contributed by atoms with Crippen LogP contribution in [-0.2, 0) is 6.42 Å². The van der Waals surface area contributed by atoms with E-state index in [0.717, 1.165) is 28.2 Å². The van der Waals surface area contributed by atoms with E-state index in [-0.39, 0.29) is 5.91 Å². The third-order valence-electron chi connectivity index (χ3n) is 4.95. The highest BCUT2D eigenvalue weighted by molar-refractivity contribution is 6.30. The van der Waals surface area contributed by atoms with Gasteiger partial charge in [0.15, 0.2) is 0 Å². The summed E-state index contributed by atoms with van der Waals surface area (Å²) in [5.74, 6) is 0.577. The van der Waals surface area contributed by atoms with E-state index < -0.39 is 5.54 Å². The molecular formula is C25H23ClN4O. The van der Waals surface area contributed by atoms with Gasteiger partial charge in [0.05, 0.1) is 11.9 Å². The van der Waals surface area contributed by atoms with Gasteiger partial charge >= 0.3 is 0 Å². The van der Waals surface area contributed by atoms with Crippen LogP contribution in [0.5, 0.6) is 0 Å². The van der Waals surface area contributed by atoms with Crippen LogP contribution in [0.2, 0.25) is 5.02 Å². The SMILES string of the molecule is CC(C)(Cc1ncc(-c2ccccc2)[nH]1)NC(=O)c1ncccc1-c1ccc(Cl)cc1. The maximum absolute atomic E-state index is 13.1. The van der Waals surface area contributed by atoms with E-state index in [0.29, 0.717) is 17.1 Å². The fourth-order valence-corrected chi connectivity index (χ4v) is 3.62. The minimum absolute atomic E-state index is 0.231. The Bertz CT molecular complexity index is 1180. The van der Waals surface area contributed by atoms with Crippen LogP contribution in [0.25, 0.3) is 22.4 Å². The Morgan fingerprint density at radius 2 is 1.71 bits per heavy atom. The Hall–Kier alpha value is -3.44. The first-order valence-electron chi connectivity index (χ1n) is 10.0. The molecule has 0 saturated carbocycles. The van der Waals surface area contributed by atoms with Gasteiger partial charge in [-0.05, 0) is 43.2 Å². The zero-order valence-corrected chi connectivity index (χ0v) is 18.1. The summed E-state index contributed by atoms with van der Waals surface area (Å²) in [5.41, 5.74) is 3.52. The monoisotopic (exact) mass is 430 g/mol. The van der Waals surface area contributed by atoms with Crippen LogP contribution in [0.15, 0.2) is 79.1 Å². The van der Waals surface area contributed by atoms with Crippen LogP contribution in [0, 0.1) is 0 Å². The van der Waals surface area contributed by atoms with Gasteiger partial charge in [-0.2, -0.15) is 0 Å². The molecule has 0 aliphatic heterocycles. The molecule has 2 aromatic carbocycles. The molecule has 0 spiro atoms. The number of amides is 1. The second-order valence-corrected chi connectivity index (χ2v) is 8.47. The molecule has 0 unspecified atom stereocenters. The van der Waals surface area contributed by atoms with Crippen molar-refractivity contribution in [2.75, 3.05) is 0 Å². The summed E-state index contributed by atoms with van der Waals surface area (Å²) in [6, 6.07) is 21.1. The van der Waals surface area contributed by atoms with E-state index in [2.05, 4.69) is 20.3 Å². The minimum Gasteiger partial charge on any atom is -0.345 e. The minimum atomic E-state index is -0.530. The van der Waals surface area contributed by atoms with Gasteiger partial charge in [0, 0.05) is 28.7 Å². The average molecular weight is 431 g/mol. The molecule has 5 nitrogen and oxygen atoms in total. The summed E-state index contributed by atoms with van der Waals surface area (Å²) in [4.78, 5) is 25.3. The fourth-order valence-electron chi connectivity index (χ4n) is 3.49. The van der Waals surface area contributed by atoms with Crippen LogP contribution in [-0.4, -0.2) is 26.4 Å². The van der Waals surface area contributed by atoms with Crippen molar-refractivity contribution in [2.24, 2.45) is 0 Å². The summed E-state index contributed by atoms with van der Waals surface area (Å²) in [6.45, 7) is 3.95. The van der Waals surface area contributed by atoms with E-state index in [1.165, 1.54) is 0 Å². The Morgan fingerprint density at radius 1 is 0.968 bits per heavy atom. The lowest BCUT2D eigenvalue weighted by Crippen LogP contribution is -2.45. The smallest absolute Gasteiger partial charge is 0.270 e. The van der Waals surface area contributed by atoms with Crippen molar-refractivity contribution in [3.8, 4) is 22.4 Å². The van der Waals surface area contributed by atoms with Crippen LogP contribution in [0.4, 0.5) is 0 Å². The molecule has 31 heavy (non-hydrogen) atoms. The van der Waals surface area contributed by atoms with Crippen molar-refractivity contribution in [3.05, 3.63) is 95.7 Å². The molecule has 0 atom stereocenters. The standard InChI is InChI=1S/C25H23ClN4O/c1-25(2,15-22-28-16-21(29-22)18-7-4-3-5-8-18)30-24(31)23-20(9-6-14-27-23)17-10-12-19(26)13-11-17/h3-14,16H,15H2,1-2H3,(H,28,29)(H,30,31). The first-order valence-corrected chi connectivity index (χ1v) is 10.4. The van der Waals surface area contributed by atoms with Gasteiger partial charge in [0.2, 0.25) is 0 Å². The highest BCUT2D eigenvalue weighted by Gasteiger charge is 2.25. The van der Waals surface area contributed by atoms with E-state index in [1.54, 1.807) is 18.3 Å². The number of carbonyl (C=O) groups excluding carboxylic acids is 1. The Morgan fingerprint density at radius 3 is 2.45 bits per heavy atom. The van der Waals surface area contributed by atoms with E-state index in [9.17, 15) is 4.79 Å². The number of aromatic nitrogens is 3. The number of nitrogens with zero attached hydrogens (tertiary/aromatic N) is 2.